The maximum absolute atomic E-state index is 13.4. The smallest absolute Gasteiger partial charge is 0.255 e. The first-order valence-electron chi connectivity index (χ1n) is 12.4. The van der Waals surface area contributed by atoms with Gasteiger partial charge in [0, 0.05) is 10.4 Å². The molecule has 0 aliphatic heterocycles. The topological polar surface area (TPSA) is 91.5 Å². The number of carbonyl (C=O) groups is 1. The molecule has 188 valence electrons. The summed E-state index contributed by atoms with van der Waals surface area (Å²) >= 11 is 1.60. The number of rotatable bonds is 6. The average molecular weight is 512 g/mol. The van der Waals surface area contributed by atoms with Crippen molar-refractivity contribution in [2.45, 2.75) is 46.6 Å². The fraction of sp³-hybridized carbons (Fsp3) is 0.300. The first-order valence-corrected chi connectivity index (χ1v) is 13.2. The van der Waals surface area contributed by atoms with Gasteiger partial charge >= 0.3 is 0 Å². The highest BCUT2D eigenvalue weighted by atomic mass is 32.1. The molecule has 0 bridgehead atoms. The van der Waals surface area contributed by atoms with Crippen molar-refractivity contribution in [3.05, 3.63) is 87.9 Å². The standard InChI is InChI=1S/C30H29N3O3S/c1-30(2,3)20-10-12-24-26(15-20)37-29(27(24)28(34)32-17-21-8-6-14-35-21)33-18-22-11-13-25(36-22)23-9-5-4-7-19(23)16-31/h4-9,11,13-14,18,20H,10,12,15,17H2,1-3H3,(H,32,34)/t20-/m0/s1. The third-order valence-electron chi connectivity index (χ3n) is 6.95. The molecule has 1 aliphatic carbocycles. The summed E-state index contributed by atoms with van der Waals surface area (Å²) in [5, 5.41) is 13.1. The van der Waals surface area contributed by atoms with Gasteiger partial charge in [-0.1, -0.05) is 32.9 Å². The predicted molar refractivity (Wildman–Crippen MR) is 145 cm³/mol. The lowest BCUT2D eigenvalue weighted by Crippen LogP contribution is -2.28. The Morgan fingerprint density at radius 1 is 1.22 bits per heavy atom. The van der Waals surface area contributed by atoms with E-state index in [0.717, 1.165) is 30.4 Å². The van der Waals surface area contributed by atoms with E-state index in [4.69, 9.17) is 13.8 Å². The van der Waals surface area contributed by atoms with E-state index in [1.165, 1.54) is 4.88 Å². The number of nitriles is 1. The van der Waals surface area contributed by atoms with E-state index < -0.39 is 0 Å². The number of aliphatic imine (C=N–C) groups is 1. The maximum atomic E-state index is 13.4. The van der Waals surface area contributed by atoms with Crippen LogP contribution in [0.3, 0.4) is 0 Å². The number of nitrogens with one attached hydrogen (secondary N) is 1. The highest BCUT2D eigenvalue weighted by Crippen LogP contribution is 2.45. The number of hydrogen-bond acceptors (Lipinski definition) is 6. The molecule has 0 unspecified atom stereocenters. The van der Waals surface area contributed by atoms with Gasteiger partial charge in [0.15, 0.2) is 0 Å². The van der Waals surface area contributed by atoms with Crippen LogP contribution in [0, 0.1) is 22.7 Å². The van der Waals surface area contributed by atoms with Gasteiger partial charge in [-0.05, 0) is 72.6 Å². The van der Waals surface area contributed by atoms with Crippen molar-refractivity contribution >= 4 is 28.5 Å². The van der Waals surface area contributed by atoms with Crippen LogP contribution in [-0.2, 0) is 19.4 Å². The third kappa shape index (κ3) is 5.30. The Balaban J connectivity index is 1.44. The first-order chi connectivity index (χ1) is 17.8. The van der Waals surface area contributed by atoms with Crippen LogP contribution in [0.1, 0.15) is 65.1 Å². The molecule has 1 atom stereocenters. The van der Waals surface area contributed by atoms with Crippen LogP contribution in [-0.4, -0.2) is 12.1 Å². The van der Waals surface area contributed by atoms with Gasteiger partial charge in [-0.25, -0.2) is 4.99 Å². The number of hydrogen-bond donors (Lipinski definition) is 1. The molecule has 4 aromatic rings. The molecule has 37 heavy (non-hydrogen) atoms. The van der Waals surface area contributed by atoms with Crippen LogP contribution in [0.4, 0.5) is 5.00 Å². The first kappa shape index (κ1) is 24.8. The van der Waals surface area contributed by atoms with Crippen molar-refractivity contribution in [2.75, 3.05) is 0 Å². The number of fused-ring (bicyclic) bond motifs is 1. The Bertz CT molecular complexity index is 1480. The van der Waals surface area contributed by atoms with Crippen LogP contribution in [0.2, 0.25) is 0 Å². The maximum Gasteiger partial charge on any atom is 0.255 e. The number of nitrogens with zero attached hydrogens (tertiary/aromatic N) is 2. The largest absolute Gasteiger partial charge is 0.467 e. The van der Waals surface area contributed by atoms with E-state index in [1.807, 2.05) is 42.5 Å². The minimum absolute atomic E-state index is 0.140. The molecule has 1 N–H and O–H groups in total. The van der Waals surface area contributed by atoms with Crippen LogP contribution < -0.4 is 5.32 Å². The number of amides is 1. The fourth-order valence-electron chi connectivity index (χ4n) is 4.79. The zero-order valence-electron chi connectivity index (χ0n) is 21.2. The lowest BCUT2D eigenvalue weighted by atomic mass is 9.72. The van der Waals surface area contributed by atoms with Crippen LogP contribution in [0.5, 0.6) is 0 Å². The highest BCUT2D eigenvalue weighted by Gasteiger charge is 2.33. The average Bonchev–Trinajstić information content (AvgIpc) is 3.65. The highest BCUT2D eigenvalue weighted by molar-refractivity contribution is 7.16. The Kier molecular flexibility index (Phi) is 6.86. The predicted octanol–water partition coefficient (Wildman–Crippen LogP) is 7.30. The Morgan fingerprint density at radius 3 is 2.81 bits per heavy atom. The van der Waals surface area contributed by atoms with Gasteiger partial charge in [-0.3, -0.25) is 4.79 Å². The molecule has 0 fully saturated rings. The minimum Gasteiger partial charge on any atom is -0.467 e. The summed E-state index contributed by atoms with van der Waals surface area (Å²) in [6.45, 7) is 7.17. The zero-order chi connectivity index (χ0) is 26.0. The summed E-state index contributed by atoms with van der Waals surface area (Å²) in [5.74, 6) is 2.29. The molecule has 0 spiro atoms. The summed E-state index contributed by atoms with van der Waals surface area (Å²) in [4.78, 5) is 19.3. The van der Waals surface area contributed by atoms with Gasteiger partial charge in [0.1, 0.15) is 22.3 Å². The number of benzene rings is 1. The second-order valence-corrected chi connectivity index (χ2v) is 11.5. The summed E-state index contributed by atoms with van der Waals surface area (Å²) in [6.07, 6.45) is 6.12. The summed E-state index contributed by atoms with van der Waals surface area (Å²) in [6, 6.07) is 16.8. The second-order valence-electron chi connectivity index (χ2n) is 10.4. The molecular formula is C30H29N3O3S. The van der Waals surface area contributed by atoms with Crippen molar-refractivity contribution in [2.24, 2.45) is 16.3 Å². The SMILES string of the molecule is CC(C)(C)[C@H]1CCc2c(sc(N=Cc3ccc(-c4ccccc4C#N)o3)c2C(=O)NCc2ccco2)C1. The molecule has 0 saturated carbocycles. The fourth-order valence-corrected chi connectivity index (χ4v) is 6.06. The molecule has 1 aliphatic rings. The molecule has 1 aromatic carbocycles. The molecule has 6 nitrogen and oxygen atoms in total. The third-order valence-corrected chi connectivity index (χ3v) is 8.11. The molecule has 0 radical (unpaired) electrons. The summed E-state index contributed by atoms with van der Waals surface area (Å²) in [5.41, 5.74) is 3.25. The van der Waals surface area contributed by atoms with Gasteiger partial charge in [0.2, 0.25) is 0 Å². The van der Waals surface area contributed by atoms with Crippen molar-refractivity contribution in [3.63, 3.8) is 0 Å². The normalized spacial score (nSPS) is 15.5. The molecular weight excluding hydrogens is 482 g/mol. The van der Waals surface area contributed by atoms with E-state index >= 15 is 0 Å². The van der Waals surface area contributed by atoms with Gasteiger partial charge in [-0.2, -0.15) is 5.26 Å². The lowest BCUT2D eigenvalue weighted by Gasteiger charge is -2.33. The summed E-state index contributed by atoms with van der Waals surface area (Å²) < 4.78 is 11.4. The molecule has 5 rings (SSSR count). The van der Waals surface area contributed by atoms with Gasteiger partial charge in [0.25, 0.3) is 5.91 Å². The van der Waals surface area contributed by atoms with Gasteiger partial charge in [-0.15, -0.1) is 11.3 Å². The number of furan rings is 2. The number of thiophene rings is 1. The van der Waals surface area contributed by atoms with E-state index in [-0.39, 0.29) is 11.3 Å². The second kappa shape index (κ2) is 10.2. The Morgan fingerprint density at radius 2 is 2.05 bits per heavy atom. The molecule has 3 aromatic heterocycles. The number of carbonyl (C=O) groups excluding carboxylic acids is 1. The molecule has 7 heteroatoms. The van der Waals surface area contributed by atoms with E-state index in [2.05, 4.69) is 32.2 Å². The van der Waals surface area contributed by atoms with Crippen molar-refractivity contribution < 1.29 is 13.6 Å². The molecule has 3 heterocycles. The van der Waals surface area contributed by atoms with Crippen LogP contribution >= 0.6 is 11.3 Å². The Hall–Kier alpha value is -3.89. The summed E-state index contributed by atoms with van der Waals surface area (Å²) in [7, 11) is 0. The quantitative estimate of drug-likeness (QED) is 0.275. The molecule has 1 amide bonds. The van der Waals surface area contributed by atoms with Crippen LogP contribution in [0.25, 0.3) is 11.3 Å². The van der Waals surface area contributed by atoms with E-state index in [1.54, 1.807) is 29.9 Å². The molecule has 0 saturated heterocycles. The van der Waals surface area contributed by atoms with Crippen molar-refractivity contribution in [1.29, 1.82) is 5.26 Å². The van der Waals surface area contributed by atoms with E-state index in [9.17, 15) is 10.1 Å². The zero-order valence-corrected chi connectivity index (χ0v) is 22.0. The van der Waals surface area contributed by atoms with Crippen LogP contribution in [0.15, 0.2) is 68.6 Å². The van der Waals surface area contributed by atoms with Crippen molar-refractivity contribution in [3.8, 4) is 17.4 Å². The lowest BCUT2D eigenvalue weighted by molar-refractivity contribution is 0.0947. The minimum atomic E-state index is -0.140. The van der Waals surface area contributed by atoms with Gasteiger partial charge < -0.3 is 14.2 Å². The van der Waals surface area contributed by atoms with Gasteiger partial charge in [0.05, 0.1) is 36.2 Å². The van der Waals surface area contributed by atoms with E-state index in [0.29, 0.717) is 45.9 Å². The Labute approximate surface area is 220 Å². The van der Waals surface area contributed by atoms with Crippen molar-refractivity contribution in [1.82, 2.24) is 5.32 Å². The monoisotopic (exact) mass is 511 g/mol.